The van der Waals surface area contributed by atoms with Crippen molar-refractivity contribution in [3.05, 3.63) is 30.1 Å². The summed E-state index contributed by atoms with van der Waals surface area (Å²) in [6.07, 6.45) is 2.21. The molecular formula is C14H22FN3O2S. The van der Waals surface area contributed by atoms with Gasteiger partial charge in [-0.1, -0.05) is 0 Å². The molecule has 0 aliphatic carbocycles. The molecule has 0 aromatic heterocycles. The highest BCUT2D eigenvalue weighted by atomic mass is 32.2. The quantitative estimate of drug-likeness (QED) is 0.847. The first-order chi connectivity index (χ1) is 9.86. The van der Waals surface area contributed by atoms with Gasteiger partial charge in [-0.15, -0.1) is 0 Å². The second kappa shape index (κ2) is 6.72. The van der Waals surface area contributed by atoms with Crippen molar-refractivity contribution in [3.63, 3.8) is 0 Å². The third-order valence-corrected chi connectivity index (χ3v) is 5.12. The van der Waals surface area contributed by atoms with Gasteiger partial charge in [0.05, 0.1) is 6.26 Å². The van der Waals surface area contributed by atoms with Crippen LogP contribution in [0.3, 0.4) is 0 Å². The fourth-order valence-corrected chi connectivity index (χ4v) is 2.83. The molecule has 21 heavy (non-hydrogen) atoms. The van der Waals surface area contributed by atoms with Crippen molar-refractivity contribution in [2.45, 2.75) is 12.5 Å². The molecule has 1 N–H and O–H groups in total. The van der Waals surface area contributed by atoms with Gasteiger partial charge in [-0.05, 0) is 30.7 Å². The molecule has 1 fully saturated rings. The van der Waals surface area contributed by atoms with Gasteiger partial charge in [0.1, 0.15) is 5.82 Å². The van der Waals surface area contributed by atoms with Gasteiger partial charge in [0.2, 0.25) is 10.0 Å². The molecule has 1 aliphatic rings. The van der Waals surface area contributed by atoms with Gasteiger partial charge in [0.25, 0.3) is 0 Å². The summed E-state index contributed by atoms with van der Waals surface area (Å²) in [6, 6.07) is 6.85. The lowest BCUT2D eigenvalue weighted by atomic mass is 10.2. The molecule has 118 valence electrons. The number of hydrogen-bond donors (Lipinski definition) is 1. The van der Waals surface area contributed by atoms with Crippen LogP contribution >= 0.6 is 0 Å². The van der Waals surface area contributed by atoms with E-state index in [1.807, 2.05) is 0 Å². The lowest BCUT2D eigenvalue weighted by Crippen LogP contribution is -2.39. The maximum atomic E-state index is 12.9. The summed E-state index contributed by atoms with van der Waals surface area (Å²) < 4.78 is 36.8. The predicted molar refractivity (Wildman–Crippen MR) is 82.5 cm³/mol. The van der Waals surface area contributed by atoms with Gasteiger partial charge in [-0.25, -0.2) is 17.1 Å². The second-order valence-electron chi connectivity index (χ2n) is 5.45. The van der Waals surface area contributed by atoms with Crippen LogP contribution in [0.15, 0.2) is 24.3 Å². The molecule has 1 unspecified atom stereocenters. The normalized spacial score (nSPS) is 19.4. The molecule has 1 atom stereocenters. The minimum atomic E-state index is -3.11. The van der Waals surface area contributed by atoms with Crippen LogP contribution in [-0.2, 0) is 10.0 Å². The summed E-state index contributed by atoms with van der Waals surface area (Å²) >= 11 is 0. The Morgan fingerprint density at radius 3 is 2.67 bits per heavy atom. The van der Waals surface area contributed by atoms with Crippen LogP contribution in [0.4, 0.5) is 10.1 Å². The first-order valence-corrected chi connectivity index (χ1v) is 8.86. The number of nitrogens with zero attached hydrogens (tertiary/aromatic N) is 2. The molecule has 1 saturated heterocycles. The highest BCUT2D eigenvalue weighted by Gasteiger charge is 2.22. The Labute approximate surface area is 125 Å². The van der Waals surface area contributed by atoms with E-state index in [9.17, 15) is 12.8 Å². The molecule has 1 aliphatic heterocycles. The fourth-order valence-electron chi connectivity index (χ4n) is 2.41. The zero-order valence-corrected chi connectivity index (χ0v) is 13.2. The molecule has 2 rings (SSSR count). The van der Waals surface area contributed by atoms with Crippen LogP contribution in [0.1, 0.15) is 6.42 Å². The summed E-state index contributed by atoms with van der Waals surface area (Å²) in [5.74, 6) is -0.226. The fraction of sp³-hybridized carbons (Fsp3) is 0.571. The van der Waals surface area contributed by atoms with E-state index in [0.717, 1.165) is 25.2 Å². The zero-order valence-electron chi connectivity index (χ0n) is 12.4. The smallest absolute Gasteiger partial charge is 0.210 e. The molecule has 7 heteroatoms. The number of hydrogen-bond acceptors (Lipinski definition) is 4. The Balaban J connectivity index is 1.77. The average molecular weight is 315 g/mol. The summed E-state index contributed by atoms with van der Waals surface area (Å²) in [5, 5.41) is 3.37. The Morgan fingerprint density at radius 1 is 1.38 bits per heavy atom. The van der Waals surface area contributed by atoms with Gasteiger partial charge >= 0.3 is 0 Å². The van der Waals surface area contributed by atoms with Crippen molar-refractivity contribution in [3.8, 4) is 0 Å². The molecule has 0 bridgehead atoms. The highest BCUT2D eigenvalue weighted by molar-refractivity contribution is 7.88. The third kappa shape index (κ3) is 4.66. The van der Waals surface area contributed by atoms with Crippen molar-refractivity contribution in [2.75, 3.05) is 44.4 Å². The van der Waals surface area contributed by atoms with E-state index in [1.165, 1.54) is 22.7 Å². The zero-order chi connectivity index (χ0) is 15.5. The number of anilines is 1. The number of rotatable bonds is 6. The van der Waals surface area contributed by atoms with E-state index in [2.05, 4.69) is 10.2 Å². The van der Waals surface area contributed by atoms with E-state index in [4.69, 9.17) is 0 Å². The lowest BCUT2D eigenvalue weighted by Gasteiger charge is -2.20. The topological polar surface area (TPSA) is 52.6 Å². The Hall–Kier alpha value is -1.18. The van der Waals surface area contributed by atoms with E-state index in [-0.39, 0.29) is 5.82 Å². The number of nitrogens with one attached hydrogen (secondary N) is 1. The SMILES string of the molecule is CN(CCNC1CCN(c2ccc(F)cc2)C1)S(C)(=O)=O. The largest absolute Gasteiger partial charge is 0.370 e. The maximum Gasteiger partial charge on any atom is 0.210 e. The first kappa shape index (κ1) is 16.2. The second-order valence-corrected chi connectivity index (χ2v) is 7.54. The van der Waals surface area contributed by atoms with Crippen LogP contribution in [0.25, 0.3) is 0 Å². The van der Waals surface area contributed by atoms with Crippen molar-refractivity contribution < 1.29 is 12.8 Å². The van der Waals surface area contributed by atoms with Gasteiger partial charge in [0.15, 0.2) is 0 Å². The number of sulfonamides is 1. The number of benzene rings is 1. The Morgan fingerprint density at radius 2 is 2.05 bits per heavy atom. The number of halogens is 1. The third-order valence-electron chi connectivity index (χ3n) is 3.81. The van der Waals surface area contributed by atoms with Gasteiger partial charge in [-0.3, -0.25) is 0 Å². The van der Waals surface area contributed by atoms with Gasteiger partial charge in [0, 0.05) is 45.0 Å². The van der Waals surface area contributed by atoms with Crippen molar-refractivity contribution in [2.24, 2.45) is 0 Å². The van der Waals surface area contributed by atoms with E-state index < -0.39 is 10.0 Å². The summed E-state index contributed by atoms with van der Waals surface area (Å²) in [5.41, 5.74) is 1.02. The predicted octanol–water partition coefficient (Wildman–Crippen LogP) is 0.885. The standard InChI is InChI=1S/C14H22FN3O2S/c1-17(21(2,19)20)10-8-16-13-7-9-18(11-13)14-5-3-12(15)4-6-14/h3-6,13,16H,7-11H2,1-2H3. The first-order valence-electron chi connectivity index (χ1n) is 7.01. The molecule has 0 amide bonds. The van der Waals surface area contributed by atoms with E-state index in [1.54, 1.807) is 19.2 Å². The lowest BCUT2D eigenvalue weighted by molar-refractivity contribution is 0.445. The number of likely N-dealkylation sites (N-methyl/N-ethyl adjacent to an activating group) is 1. The molecule has 0 saturated carbocycles. The van der Waals surface area contributed by atoms with Crippen LogP contribution in [-0.4, -0.2) is 58.2 Å². The van der Waals surface area contributed by atoms with Crippen LogP contribution < -0.4 is 10.2 Å². The minimum Gasteiger partial charge on any atom is -0.370 e. The van der Waals surface area contributed by atoms with E-state index in [0.29, 0.717) is 19.1 Å². The van der Waals surface area contributed by atoms with E-state index >= 15 is 0 Å². The monoisotopic (exact) mass is 315 g/mol. The van der Waals surface area contributed by atoms with Crippen molar-refractivity contribution in [1.29, 1.82) is 0 Å². The van der Waals surface area contributed by atoms with Gasteiger partial charge < -0.3 is 10.2 Å². The molecule has 1 aromatic rings. The minimum absolute atomic E-state index is 0.226. The molecule has 5 nitrogen and oxygen atoms in total. The summed E-state index contributed by atoms with van der Waals surface area (Å²) in [4.78, 5) is 2.21. The highest BCUT2D eigenvalue weighted by Crippen LogP contribution is 2.20. The Bertz CT molecular complexity index is 562. The molecule has 0 radical (unpaired) electrons. The molecule has 0 spiro atoms. The van der Waals surface area contributed by atoms with Crippen LogP contribution in [0.2, 0.25) is 0 Å². The average Bonchev–Trinajstić information content (AvgIpc) is 2.87. The molecule has 1 heterocycles. The Kier molecular flexibility index (Phi) is 5.18. The van der Waals surface area contributed by atoms with Crippen LogP contribution in [0, 0.1) is 5.82 Å². The van der Waals surface area contributed by atoms with Crippen molar-refractivity contribution in [1.82, 2.24) is 9.62 Å². The van der Waals surface area contributed by atoms with Gasteiger partial charge in [-0.2, -0.15) is 0 Å². The van der Waals surface area contributed by atoms with Crippen molar-refractivity contribution >= 4 is 15.7 Å². The summed E-state index contributed by atoms with van der Waals surface area (Å²) in [6.45, 7) is 2.87. The molecular weight excluding hydrogens is 293 g/mol. The maximum absolute atomic E-state index is 12.9. The molecule has 1 aromatic carbocycles. The van der Waals surface area contributed by atoms with Crippen LogP contribution in [0.5, 0.6) is 0 Å². The summed E-state index contributed by atoms with van der Waals surface area (Å²) in [7, 11) is -1.53.